The number of fused-ring (bicyclic) bond motifs is 1. The molecule has 1 aromatic carbocycles. The molecule has 0 bridgehead atoms. The Kier molecular flexibility index (Phi) is 3.83. The van der Waals surface area contributed by atoms with E-state index in [1.165, 1.54) is 4.31 Å². The Hall–Kier alpha value is -2.02. The van der Waals surface area contributed by atoms with Crippen LogP contribution in [0.1, 0.15) is 23.9 Å². The van der Waals surface area contributed by atoms with E-state index in [0.717, 1.165) is 17.7 Å². The molecule has 23 heavy (non-hydrogen) atoms. The van der Waals surface area contributed by atoms with E-state index in [0.29, 0.717) is 23.7 Å². The number of aryl methyl sites for hydroxylation is 2. The summed E-state index contributed by atoms with van der Waals surface area (Å²) in [5, 5.41) is 3.78. The molecule has 0 aliphatic carbocycles. The first-order valence-electron chi connectivity index (χ1n) is 7.47. The Balaban J connectivity index is 2.14. The number of nitrogens with zero attached hydrogens (tertiary/aromatic N) is 2. The number of ether oxygens (including phenoxy) is 1. The molecule has 1 atom stereocenters. The number of aromatic nitrogens is 1. The Labute approximate surface area is 136 Å². The van der Waals surface area contributed by atoms with Crippen molar-refractivity contribution in [2.45, 2.75) is 32.1 Å². The first-order chi connectivity index (χ1) is 10.8. The van der Waals surface area contributed by atoms with Gasteiger partial charge in [0.05, 0.1) is 12.8 Å². The van der Waals surface area contributed by atoms with Gasteiger partial charge in [-0.15, -0.1) is 0 Å². The highest BCUT2D eigenvalue weighted by Gasteiger charge is 2.35. The van der Waals surface area contributed by atoms with Gasteiger partial charge in [-0.2, -0.15) is 0 Å². The molecule has 0 saturated carbocycles. The second kappa shape index (κ2) is 5.56. The lowest BCUT2D eigenvalue weighted by molar-refractivity contribution is 0.390. The van der Waals surface area contributed by atoms with Crippen LogP contribution < -0.4 is 9.04 Å². The predicted molar refractivity (Wildman–Crippen MR) is 86.4 cm³/mol. The largest absolute Gasteiger partial charge is 0.497 e. The average Bonchev–Trinajstić information content (AvgIpc) is 2.85. The van der Waals surface area contributed by atoms with Gasteiger partial charge in [0.2, 0.25) is 0 Å². The summed E-state index contributed by atoms with van der Waals surface area (Å²) >= 11 is 0. The lowest BCUT2D eigenvalue weighted by atomic mass is 9.95. The minimum Gasteiger partial charge on any atom is -0.497 e. The Morgan fingerprint density at radius 3 is 2.70 bits per heavy atom. The van der Waals surface area contributed by atoms with Crippen LogP contribution in [0.3, 0.4) is 0 Å². The zero-order valence-electron chi connectivity index (χ0n) is 13.7. The average molecular weight is 336 g/mol. The maximum Gasteiger partial charge on any atom is 0.269 e. The van der Waals surface area contributed by atoms with Crippen molar-refractivity contribution in [3.8, 4) is 5.75 Å². The van der Waals surface area contributed by atoms with Crippen LogP contribution in [-0.2, 0) is 16.4 Å². The van der Waals surface area contributed by atoms with Crippen molar-refractivity contribution in [3.63, 3.8) is 0 Å². The fourth-order valence-corrected chi connectivity index (χ4v) is 5.02. The van der Waals surface area contributed by atoms with E-state index in [2.05, 4.69) is 5.16 Å². The number of hydrogen-bond donors (Lipinski definition) is 0. The monoisotopic (exact) mass is 336 g/mol. The Morgan fingerprint density at radius 2 is 2.09 bits per heavy atom. The standard InChI is InChI=1S/C16H20N2O4S/c1-10-7-13-8-14(21-4)5-6-15(13)18(9-10)23(19,20)16-11(2)17-22-12(16)3/h5-6,8,10H,7,9H2,1-4H3. The van der Waals surface area contributed by atoms with Gasteiger partial charge in [-0.25, -0.2) is 8.42 Å². The summed E-state index contributed by atoms with van der Waals surface area (Å²) in [5.41, 5.74) is 2.05. The Morgan fingerprint density at radius 1 is 1.35 bits per heavy atom. The molecule has 0 fully saturated rings. The van der Waals surface area contributed by atoms with Crippen molar-refractivity contribution in [2.75, 3.05) is 18.0 Å². The quantitative estimate of drug-likeness (QED) is 0.861. The molecule has 0 N–H and O–H groups in total. The van der Waals surface area contributed by atoms with E-state index in [4.69, 9.17) is 9.26 Å². The molecule has 6 nitrogen and oxygen atoms in total. The van der Waals surface area contributed by atoms with Crippen LogP contribution >= 0.6 is 0 Å². The van der Waals surface area contributed by atoms with Crippen LogP contribution in [0.15, 0.2) is 27.6 Å². The van der Waals surface area contributed by atoms with E-state index in [-0.39, 0.29) is 10.8 Å². The maximum absolute atomic E-state index is 13.1. The maximum atomic E-state index is 13.1. The summed E-state index contributed by atoms with van der Waals surface area (Å²) in [7, 11) is -2.11. The van der Waals surface area contributed by atoms with E-state index in [1.54, 1.807) is 33.1 Å². The molecule has 1 aromatic heterocycles. The van der Waals surface area contributed by atoms with Gasteiger partial charge in [-0.3, -0.25) is 4.31 Å². The summed E-state index contributed by atoms with van der Waals surface area (Å²) in [6.45, 7) is 5.74. The highest BCUT2D eigenvalue weighted by Crippen LogP contribution is 2.37. The molecular formula is C16H20N2O4S. The van der Waals surface area contributed by atoms with Gasteiger partial charge < -0.3 is 9.26 Å². The third-order valence-corrected chi connectivity index (χ3v) is 6.14. The third kappa shape index (κ3) is 2.59. The summed E-state index contributed by atoms with van der Waals surface area (Å²) < 4.78 is 38.1. The normalized spacial score (nSPS) is 17.9. The van der Waals surface area contributed by atoms with E-state index in [9.17, 15) is 8.42 Å². The summed E-state index contributed by atoms with van der Waals surface area (Å²) in [5.74, 6) is 1.26. The van der Waals surface area contributed by atoms with E-state index < -0.39 is 10.0 Å². The highest BCUT2D eigenvalue weighted by atomic mass is 32.2. The minimum atomic E-state index is -3.71. The topological polar surface area (TPSA) is 72.6 Å². The molecule has 0 amide bonds. The fourth-order valence-electron chi connectivity index (χ4n) is 3.10. The molecule has 1 unspecified atom stereocenters. The Bertz CT molecular complexity index is 822. The molecule has 0 radical (unpaired) electrons. The van der Waals surface area contributed by atoms with Gasteiger partial charge in [-0.05, 0) is 49.9 Å². The number of methoxy groups -OCH3 is 1. The number of benzene rings is 1. The second-order valence-corrected chi connectivity index (χ2v) is 7.79. The SMILES string of the molecule is COc1ccc2c(c1)CC(C)CN2S(=O)(=O)c1c(C)noc1C. The van der Waals surface area contributed by atoms with Crippen molar-refractivity contribution in [1.82, 2.24) is 5.16 Å². The first-order valence-corrected chi connectivity index (χ1v) is 8.91. The molecule has 124 valence electrons. The number of sulfonamides is 1. The predicted octanol–water partition coefficient (Wildman–Crippen LogP) is 2.69. The van der Waals surface area contributed by atoms with Crippen LogP contribution in [0.5, 0.6) is 5.75 Å². The lowest BCUT2D eigenvalue weighted by Gasteiger charge is -2.34. The van der Waals surface area contributed by atoms with Gasteiger partial charge >= 0.3 is 0 Å². The van der Waals surface area contributed by atoms with Crippen molar-refractivity contribution in [2.24, 2.45) is 5.92 Å². The molecule has 0 saturated heterocycles. The summed E-state index contributed by atoms with van der Waals surface area (Å²) in [6.07, 6.45) is 0.820. The van der Waals surface area contributed by atoms with Gasteiger partial charge in [0.1, 0.15) is 11.4 Å². The van der Waals surface area contributed by atoms with Gasteiger partial charge in [0, 0.05) is 6.54 Å². The van der Waals surface area contributed by atoms with Gasteiger partial charge in [0.25, 0.3) is 10.0 Å². The zero-order valence-corrected chi connectivity index (χ0v) is 14.5. The van der Waals surface area contributed by atoms with Crippen LogP contribution in [0, 0.1) is 19.8 Å². The lowest BCUT2D eigenvalue weighted by Crippen LogP contribution is -2.39. The molecule has 2 heterocycles. The van der Waals surface area contributed by atoms with Crippen molar-refractivity contribution < 1.29 is 17.7 Å². The molecule has 1 aliphatic heterocycles. The van der Waals surface area contributed by atoms with E-state index in [1.807, 2.05) is 13.0 Å². The van der Waals surface area contributed by atoms with Crippen molar-refractivity contribution in [1.29, 1.82) is 0 Å². The first kappa shape index (κ1) is 15.9. The van der Waals surface area contributed by atoms with Gasteiger partial charge in [0.15, 0.2) is 10.7 Å². The molecular weight excluding hydrogens is 316 g/mol. The number of anilines is 1. The fraction of sp³-hybridized carbons (Fsp3) is 0.438. The molecule has 1 aliphatic rings. The molecule has 3 rings (SSSR count). The van der Waals surface area contributed by atoms with Crippen LogP contribution in [0.25, 0.3) is 0 Å². The second-order valence-electron chi connectivity index (χ2n) is 5.99. The van der Waals surface area contributed by atoms with Crippen LogP contribution in [0.2, 0.25) is 0 Å². The molecule has 0 spiro atoms. The molecule has 2 aromatic rings. The number of rotatable bonds is 3. The van der Waals surface area contributed by atoms with Crippen LogP contribution in [-0.4, -0.2) is 27.2 Å². The highest BCUT2D eigenvalue weighted by molar-refractivity contribution is 7.93. The summed E-state index contributed by atoms with van der Waals surface area (Å²) in [4.78, 5) is 0.161. The smallest absolute Gasteiger partial charge is 0.269 e. The third-order valence-electron chi connectivity index (χ3n) is 4.12. The molecule has 7 heteroatoms. The van der Waals surface area contributed by atoms with Gasteiger partial charge in [-0.1, -0.05) is 12.1 Å². The zero-order chi connectivity index (χ0) is 16.8. The minimum absolute atomic E-state index is 0.161. The van der Waals surface area contributed by atoms with Crippen LogP contribution in [0.4, 0.5) is 5.69 Å². The summed E-state index contributed by atoms with van der Waals surface area (Å²) in [6, 6.07) is 5.49. The van der Waals surface area contributed by atoms with E-state index >= 15 is 0 Å². The number of hydrogen-bond acceptors (Lipinski definition) is 5. The van der Waals surface area contributed by atoms with Crippen molar-refractivity contribution >= 4 is 15.7 Å². The van der Waals surface area contributed by atoms with Crippen molar-refractivity contribution in [3.05, 3.63) is 35.2 Å².